The molecule has 0 aromatic rings. The summed E-state index contributed by atoms with van der Waals surface area (Å²) < 4.78 is 0. The van der Waals surface area contributed by atoms with Crippen molar-refractivity contribution in [2.45, 2.75) is 57.3 Å². The number of thioether (sulfide) groups is 1. The second kappa shape index (κ2) is 14.9. The van der Waals surface area contributed by atoms with E-state index in [4.69, 9.17) is 10.8 Å². The molecule has 7 N–H and O–H groups in total. The molecule has 0 aromatic carbocycles. The van der Waals surface area contributed by atoms with Gasteiger partial charge in [0.05, 0.1) is 6.04 Å². The molecule has 4 atom stereocenters. The largest absolute Gasteiger partial charge is 0.481 e. The molecule has 0 aliphatic carbocycles. The SMILES string of the molecule is CSCCC(NC(=O)C(N)CCC(=O)O)C(=O)NC(CS)C(=O)NC(C(=O)O)C(C)C. The first-order valence-corrected chi connectivity index (χ1v) is 11.7. The van der Waals surface area contributed by atoms with E-state index in [1.54, 1.807) is 13.8 Å². The van der Waals surface area contributed by atoms with Crippen LogP contribution in [0.1, 0.15) is 33.1 Å². The molecule has 11 nitrogen and oxygen atoms in total. The molecule has 0 aliphatic heterocycles. The number of carbonyl (C=O) groups is 5. The smallest absolute Gasteiger partial charge is 0.326 e. The number of hydrogen-bond donors (Lipinski definition) is 7. The quantitative estimate of drug-likeness (QED) is 0.145. The molecule has 4 unspecified atom stereocenters. The Morgan fingerprint density at radius 3 is 1.94 bits per heavy atom. The molecule has 0 spiro atoms. The van der Waals surface area contributed by atoms with Crippen LogP contribution in [0, 0.1) is 5.92 Å². The van der Waals surface area contributed by atoms with Gasteiger partial charge in [-0.25, -0.2) is 4.79 Å². The van der Waals surface area contributed by atoms with Crippen LogP contribution in [0.25, 0.3) is 0 Å². The molecule has 0 aromatic heterocycles. The predicted molar refractivity (Wildman–Crippen MR) is 120 cm³/mol. The minimum Gasteiger partial charge on any atom is -0.481 e. The fourth-order valence-corrected chi connectivity index (χ4v) is 3.16. The average molecular weight is 481 g/mol. The number of hydrogen-bond acceptors (Lipinski definition) is 8. The first kappa shape index (κ1) is 29.0. The van der Waals surface area contributed by atoms with Gasteiger partial charge in [0, 0.05) is 12.2 Å². The van der Waals surface area contributed by atoms with E-state index >= 15 is 0 Å². The molecule has 0 saturated carbocycles. The Kier molecular flexibility index (Phi) is 14.0. The molecule has 0 aliphatic rings. The molecule has 0 saturated heterocycles. The Bertz CT molecular complexity index is 648. The number of thiol groups is 1. The van der Waals surface area contributed by atoms with Crippen LogP contribution in [-0.2, 0) is 24.0 Å². The van der Waals surface area contributed by atoms with Gasteiger partial charge in [0.25, 0.3) is 0 Å². The number of aliphatic carboxylic acids is 2. The summed E-state index contributed by atoms with van der Waals surface area (Å²) in [4.78, 5) is 59.3. The van der Waals surface area contributed by atoms with Gasteiger partial charge in [-0.05, 0) is 30.8 Å². The van der Waals surface area contributed by atoms with Crippen molar-refractivity contribution in [2.24, 2.45) is 11.7 Å². The number of nitrogens with one attached hydrogen (secondary N) is 3. The number of carboxylic acids is 2. The third kappa shape index (κ3) is 11.3. The Labute approximate surface area is 191 Å². The minimum absolute atomic E-state index is 0.0918. The highest BCUT2D eigenvalue weighted by Gasteiger charge is 2.30. The summed E-state index contributed by atoms with van der Waals surface area (Å²) >= 11 is 5.50. The molecule has 0 rings (SSSR count). The van der Waals surface area contributed by atoms with Crippen molar-refractivity contribution in [3.8, 4) is 0 Å². The molecule has 13 heteroatoms. The number of amides is 3. The van der Waals surface area contributed by atoms with Crippen LogP contribution in [0.2, 0.25) is 0 Å². The lowest BCUT2D eigenvalue weighted by atomic mass is 10.0. The average Bonchev–Trinajstić information content (AvgIpc) is 2.69. The molecule has 0 radical (unpaired) electrons. The summed E-state index contributed by atoms with van der Waals surface area (Å²) in [5, 5.41) is 25.3. The number of rotatable bonds is 15. The normalized spacial score (nSPS) is 14.8. The summed E-state index contributed by atoms with van der Waals surface area (Å²) in [6.45, 7) is 3.27. The summed E-state index contributed by atoms with van der Waals surface area (Å²) in [5.74, 6) is -4.29. The van der Waals surface area contributed by atoms with Gasteiger partial charge < -0.3 is 31.9 Å². The second-order valence-corrected chi connectivity index (χ2v) is 8.54. The van der Waals surface area contributed by atoms with Crippen LogP contribution in [0.4, 0.5) is 0 Å². The Hall–Kier alpha value is -1.99. The lowest BCUT2D eigenvalue weighted by molar-refractivity contribution is -0.143. The van der Waals surface area contributed by atoms with E-state index in [9.17, 15) is 29.1 Å². The van der Waals surface area contributed by atoms with Gasteiger partial charge in [-0.15, -0.1) is 0 Å². The number of nitrogens with two attached hydrogens (primary N) is 1. The lowest BCUT2D eigenvalue weighted by Gasteiger charge is -2.25. The summed E-state index contributed by atoms with van der Waals surface area (Å²) in [6.07, 6.45) is 1.68. The highest BCUT2D eigenvalue weighted by Crippen LogP contribution is 2.06. The van der Waals surface area contributed by atoms with Gasteiger partial charge >= 0.3 is 11.9 Å². The summed E-state index contributed by atoms with van der Waals surface area (Å²) in [7, 11) is 0. The van der Waals surface area contributed by atoms with E-state index in [1.165, 1.54) is 11.8 Å². The molecule has 31 heavy (non-hydrogen) atoms. The van der Waals surface area contributed by atoms with Crippen molar-refractivity contribution >= 4 is 54.1 Å². The third-order valence-corrected chi connectivity index (χ3v) is 5.30. The van der Waals surface area contributed by atoms with Crippen molar-refractivity contribution in [1.82, 2.24) is 16.0 Å². The Morgan fingerprint density at radius 2 is 1.48 bits per heavy atom. The van der Waals surface area contributed by atoms with Crippen LogP contribution in [0.15, 0.2) is 0 Å². The van der Waals surface area contributed by atoms with E-state index in [1.807, 2.05) is 6.26 Å². The summed E-state index contributed by atoms with van der Waals surface area (Å²) in [6, 6.07) is -4.37. The van der Waals surface area contributed by atoms with Gasteiger partial charge in [-0.2, -0.15) is 24.4 Å². The third-order valence-electron chi connectivity index (χ3n) is 4.30. The number of carboxylic acid groups (broad SMARTS) is 2. The zero-order valence-electron chi connectivity index (χ0n) is 17.8. The maximum atomic E-state index is 12.7. The highest BCUT2D eigenvalue weighted by atomic mass is 32.2. The standard InChI is InChI=1S/C18H32N4O7S2/c1-9(2)14(18(28)29)22-17(27)12(8-30)21-16(26)11(6-7-31-3)20-15(25)10(19)4-5-13(23)24/h9-12,14,30H,4-8,19H2,1-3H3,(H,20,25)(H,21,26)(H,22,27)(H,23,24)(H,28,29). The molecule has 178 valence electrons. The predicted octanol–water partition coefficient (Wildman–Crippen LogP) is -0.944. The molecule has 3 amide bonds. The fraction of sp³-hybridized carbons (Fsp3) is 0.722. The molecular formula is C18H32N4O7S2. The van der Waals surface area contributed by atoms with Crippen molar-refractivity contribution in [3.05, 3.63) is 0 Å². The maximum absolute atomic E-state index is 12.7. The first-order chi connectivity index (χ1) is 14.4. The van der Waals surface area contributed by atoms with E-state index in [2.05, 4.69) is 28.6 Å². The van der Waals surface area contributed by atoms with Crippen molar-refractivity contribution < 1.29 is 34.2 Å². The van der Waals surface area contributed by atoms with Gasteiger partial charge in [0.1, 0.15) is 18.1 Å². The van der Waals surface area contributed by atoms with E-state index < -0.39 is 53.8 Å². The molecule has 0 fully saturated rings. The summed E-state index contributed by atoms with van der Waals surface area (Å²) in [5.41, 5.74) is 5.69. The van der Waals surface area contributed by atoms with Crippen molar-refractivity contribution in [2.75, 3.05) is 17.8 Å². The van der Waals surface area contributed by atoms with Gasteiger partial charge in [-0.1, -0.05) is 13.8 Å². The zero-order valence-corrected chi connectivity index (χ0v) is 19.5. The lowest BCUT2D eigenvalue weighted by Crippen LogP contribution is -2.58. The Morgan fingerprint density at radius 1 is 0.935 bits per heavy atom. The Balaban J connectivity index is 5.16. The van der Waals surface area contributed by atoms with Gasteiger partial charge in [-0.3, -0.25) is 19.2 Å². The minimum atomic E-state index is -1.20. The highest BCUT2D eigenvalue weighted by molar-refractivity contribution is 7.98. The van der Waals surface area contributed by atoms with Crippen molar-refractivity contribution in [3.63, 3.8) is 0 Å². The second-order valence-electron chi connectivity index (χ2n) is 7.19. The van der Waals surface area contributed by atoms with Crippen LogP contribution in [0.5, 0.6) is 0 Å². The van der Waals surface area contributed by atoms with Gasteiger partial charge in [0.15, 0.2) is 0 Å². The molecule has 0 heterocycles. The van der Waals surface area contributed by atoms with Crippen LogP contribution in [-0.4, -0.2) is 81.8 Å². The fourth-order valence-electron chi connectivity index (χ4n) is 2.43. The molecule has 0 bridgehead atoms. The van der Waals surface area contributed by atoms with Crippen LogP contribution < -0.4 is 21.7 Å². The number of carbonyl (C=O) groups excluding carboxylic acids is 3. The van der Waals surface area contributed by atoms with E-state index in [0.717, 1.165) is 0 Å². The van der Waals surface area contributed by atoms with Crippen LogP contribution in [0.3, 0.4) is 0 Å². The monoisotopic (exact) mass is 480 g/mol. The van der Waals surface area contributed by atoms with Gasteiger partial charge in [0.2, 0.25) is 17.7 Å². The van der Waals surface area contributed by atoms with E-state index in [-0.39, 0.29) is 30.9 Å². The zero-order chi connectivity index (χ0) is 24.1. The van der Waals surface area contributed by atoms with E-state index in [0.29, 0.717) is 5.75 Å². The topological polar surface area (TPSA) is 188 Å². The first-order valence-electron chi connectivity index (χ1n) is 9.65. The van der Waals surface area contributed by atoms with Crippen molar-refractivity contribution in [1.29, 1.82) is 0 Å². The van der Waals surface area contributed by atoms with Crippen LogP contribution >= 0.6 is 24.4 Å². The molecular weight excluding hydrogens is 448 g/mol. The maximum Gasteiger partial charge on any atom is 0.326 e.